The normalized spacial score (nSPS) is 17.0. The van der Waals surface area contributed by atoms with Crippen LogP contribution in [0.25, 0.3) is 6.08 Å². The molecule has 0 atom stereocenters. The number of carbonyl (C=O) groups is 1. The van der Waals surface area contributed by atoms with Gasteiger partial charge in [0.1, 0.15) is 12.4 Å². The molecule has 4 nitrogen and oxygen atoms in total. The maximum Gasteiger partial charge on any atom is 0.266 e. The molecule has 0 aliphatic carbocycles. The molecular weight excluding hydrogens is 436 g/mol. The minimum atomic E-state index is 0.00974. The van der Waals surface area contributed by atoms with Gasteiger partial charge in [0.25, 0.3) is 5.91 Å². The number of ether oxygens (including phenoxy) is 1. The van der Waals surface area contributed by atoms with Gasteiger partial charge >= 0.3 is 0 Å². The van der Waals surface area contributed by atoms with Crippen LogP contribution >= 0.6 is 27.7 Å². The minimum Gasteiger partial charge on any atom is -0.488 e. The number of benzene rings is 2. The third-order valence-electron chi connectivity index (χ3n) is 4.27. The zero-order valence-corrected chi connectivity index (χ0v) is 18.6. The first-order valence-electron chi connectivity index (χ1n) is 9.25. The van der Waals surface area contributed by atoms with E-state index in [1.165, 1.54) is 17.3 Å². The van der Waals surface area contributed by atoms with Gasteiger partial charge in [0.05, 0.1) is 9.38 Å². The first-order valence-corrected chi connectivity index (χ1v) is 10.9. The van der Waals surface area contributed by atoms with Crippen LogP contribution in [-0.2, 0) is 11.4 Å². The average Bonchev–Trinajstić information content (AvgIpc) is 2.97. The summed E-state index contributed by atoms with van der Waals surface area (Å²) in [5.41, 5.74) is 3.30. The third-order valence-corrected chi connectivity index (χ3v) is 5.93. The maximum absolute atomic E-state index is 12.6. The Morgan fingerprint density at radius 3 is 2.57 bits per heavy atom. The molecule has 0 aromatic heterocycles. The van der Waals surface area contributed by atoms with Gasteiger partial charge in [-0.2, -0.15) is 0 Å². The molecule has 1 fully saturated rings. The quantitative estimate of drug-likeness (QED) is 0.525. The Labute approximate surface area is 178 Å². The number of halogens is 1. The highest BCUT2D eigenvalue weighted by atomic mass is 79.9. The number of likely N-dealkylation sites (N-methyl/N-ethyl adjacent to an activating group) is 1. The lowest BCUT2D eigenvalue weighted by Crippen LogP contribution is -2.28. The van der Waals surface area contributed by atoms with E-state index >= 15 is 0 Å². The Morgan fingerprint density at radius 2 is 1.93 bits per heavy atom. The highest BCUT2D eigenvalue weighted by molar-refractivity contribution is 9.10. The molecule has 28 heavy (non-hydrogen) atoms. The number of carbonyl (C=O) groups excluding carboxylic acids is 1. The number of rotatable bonds is 6. The van der Waals surface area contributed by atoms with Crippen LogP contribution in [0.3, 0.4) is 0 Å². The molecule has 0 spiro atoms. The minimum absolute atomic E-state index is 0.00974. The van der Waals surface area contributed by atoms with E-state index < -0.39 is 0 Å². The summed E-state index contributed by atoms with van der Waals surface area (Å²) in [6.07, 6.45) is 1.91. The number of thioether (sulfide) groups is 1. The van der Waals surface area contributed by atoms with Crippen molar-refractivity contribution >= 4 is 44.8 Å². The molecule has 1 aliphatic rings. The fourth-order valence-corrected chi connectivity index (χ4v) is 4.38. The number of nitrogens with zero attached hydrogens (tertiary/aromatic N) is 2. The van der Waals surface area contributed by atoms with Crippen LogP contribution in [0, 0.1) is 6.92 Å². The number of hydrogen-bond acceptors (Lipinski definition) is 4. The van der Waals surface area contributed by atoms with Crippen LogP contribution in [0.1, 0.15) is 30.5 Å². The summed E-state index contributed by atoms with van der Waals surface area (Å²) in [5, 5.41) is 0.776. The molecule has 1 saturated heterocycles. The third kappa shape index (κ3) is 4.86. The summed E-state index contributed by atoms with van der Waals surface area (Å²) in [4.78, 5) is 19.4. The second kappa shape index (κ2) is 9.43. The van der Waals surface area contributed by atoms with Gasteiger partial charge in [0, 0.05) is 13.1 Å². The van der Waals surface area contributed by atoms with E-state index in [-0.39, 0.29) is 5.91 Å². The maximum atomic E-state index is 12.6. The lowest BCUT2D eigenvalue weighted by Gasteiger charge is -2.11. The lowest BCUT2D eigenvalue weighted by atomic mass is 10.1. The van der Waals surface area contributed by atoms with Gasteiger partial charge in [-0.25, -0.2) is 0 Å². The number of aryl methyl sites for hydroxylation is 1. The van der Waals surface area contributed by atoms with E-state index in [0.717, 1.165) is 26.5 Å². The molecule has 0 radical (unpaired) electrons. The molecular formula is C22H23BrN2O2S. The van der Waals surface area contributed by atoms with E-state index in [1.807, 2.05) is 38.1 Å². The fraction of sp³-hybridized carbons (Fsp3) is 0.273. The van der Waals surface area contributed by atoms with Gasteiger partial charge in [0.15, 0.2) is 5.17 Å². The Morgan fingerprint density at radius 1 is 1.18 bits per heavy atom. The summed E-state index contributed by atoms with van der Waals surface area (Å²) in [7, 11) is 0. The van der Waals surface area contributed by atoms with E-state index in [2.05, 4.69) is 52.1 Å². The van der Waals surface area contributed by atoms with Crippen molar-refractivity contribution in [3.63, 3.8) is 0 Å². The molecule has 0 unspecified atom stereocenters. The molecule has 6 heteroatoms. The summed E-state index contributed by atoms with van der Waals surface area (Å²) < 4.78 is 6.79. The predicted molar refractivity (Wildman–Crippen MR) is 121 cm³/mol. The van der Waals surface area contributed by atoms with Gasteiger partial charge < -0.3 is 4.74 Å². The van der Waals surface area contributed by atoms with Crippen molar-refractivity contribution in [3.05, 3.63) is 68.5 Å². The van der Waals surface area contributed by atoms with Crippen LogP contribution < -0.4 is 4.74 Å². The summed E-state index contributed by atoms with van der Waals surface area (Å²) in [6.45, 7) is 7.80. The first kappa shape index (κ1) is 20.7. The van der Waals surface area contributed by atoms with Gasteiger partial charge in [-0.15, -0.1) is 0 Å². The highest BCUT2D eigenvalue weighted by Gasteiger charge is 2.31. The topological polar surface area (TPSA) is 41.9 Å². The molecule has 1 aliphatic heterocycles. The Balaban J connectivity index is 1.73. The number of amidine groups is 1. The SMILES string of the molecule is CCN=C1S/C(=C/c2ccc(OCc3ccc(C)cc3)c(Br)c2)C(=O)N1CC. The van der Waals surface area contributed by atoms with Crippen molar-refractivity contribution < 1.29 is 9.53 Å². The summed E-state index contributed by atoms with van der Waals surface area (Å²) >= 11 is 5.01. The van der Waals surface area contributed by atoms with E-state index in [9.17, 15) is 4.79 Å². The molecule has 2 aromatic carbocycles. The van der Waals surface area contributed by atoms with E-state index in [0.29, 0.717) is 24.6 Å². The van der Waals surface area contributed by atoms with E-state index in [4.69, 9.17) is 4.74 Å². The Kier molecular flexibility index (Phi) is 6.97. The molecule has 0 saturated carbocycles. The van der Waals surface area contributed by atoms with Crippen LogP contribution in [0.2, 0.25) is 0 Å². The molecule has 2 aromatic rings. The molecule has 1 amide bonds. The van der Waals surface area contributed by atoms with Crippen molar-refractivity contribution in [1.29, 1.82) is 0 Å². The number of hydrogen-bond donors (Lipinski definition) is 0. The lowest BCUT2D eigenvalue weighted by molar-refractivity contribution is -0.122. The number of amides is 1. The highest BCUT2D eigenvalue weighted by Crippen LogP contribution is 2.34. The second-order valence-corrected chi connectivity index (χ2v) is 8.24. The van der Waals surface area contributed by atoms with Crippen LogP contribution in [0.5, 0.6) is 5.75 Å². The molecule has 3 rings (SSSR count). The molecule has 1 heterocycles. The van der Waals surface area contributed by atoms with Crippen molar-refractivity contribution in [2.45, 2.75) is 27.4 Å². The molecule has 0 bridgehead atoms. The zero-order chi connectivity index (χ0) is 20.1. The Bertz CT molecular complexity index is 923. The first-order chi connectivity index (χ1) is 13.5. The summed E-state index contributed by atoms with van der Waals surface area (Å²) in [5.74, 6) is 0.784. The molecule has 0 N–H and O–H groups in total. The van der Waals surface area contributed by atoms with Crippen molar-refractivity contribution in [1.82, 2.24) is 4.90 Å². The second-order valence-electron chi connectivity index (χ2n) is 6.38. The van der Waals surface area contributed by atoms with Crippen molar-refractivity contribution in [2.75, 3.05) is 13.1 Å². The zero-order valence-electron chi connectivity index (χ0n) is 16.2. The van der Waals surface area contributed by atoms with Gasteiger partial charge in [0.2, 0.25) is 0 Å². The van der Waals surface area contributed by atoms with Crippen LogP contribution in [0.15, 0.2) is 56.8 Å². The van der Waals surface area contributed by atoms with Crippen molar-refractivity contribution in [3.8, 4) is 5.75 Å². The Hall–Kier alpha value is -2.05. The van der Waals surface area contributed by atoms with Gasteiger partial charge in [-0.3, -0.25) is 14.7 Å². The van der Waals surface area contributed by atoms with E-state index in [1.54, 1.807) is 4.90 Å². The predicted octanol–water partition coefficient (Wildman–Crippen LogP) is 5.65. The van der Waals surface area contributed by atoms with Gasteiger partial charge in [-0.1, -0.05) is 35.9 Å². The molecule has 146 valence electrons. The standard InChI is InChI=1S/C22H23BrN2O2S/c1-4-24-22-25(5-2)21(26)20(28-22)13-17-10-11-19(18(23)12-17)27-14-16-8-6-15(3)7-9-16/h6-13H,4-5,14H2,1-3H3/b20-13+,24-22?. The average molecular weight is 459 g/mol. The van der Waals surface area contributed by atoms with Crippen LogP contribution in [0.4, 0.5) is 0 Å². The smallest absolute Gasteiger partial charge is 0.266 e. The van der Waals surface area contributed by atoms with Gasteiger partial charge in [-0.05, 0) is 77.8 Å². The van der Waals surface area contributed by atoms with Crippen LogP contribution in [-0.4, -0.2) is 29.1 Å². The number of aliphatic imine (C=N–C) groups is 1. The largest absolute Gasteiger partial charge is 0.488 e. The van der Waals surface area contributed by atoms with Crippen molar-refractivity contribution in [2.24, 2.45) is 4.99 Å². The fourth-order valence-electron chi connectivity index (χ4n) is 2.76. The monoisotopic (exact) mass is 458 g/mol. The summed E-state index contributed by atoms with van der Waals surface area (Å²) in [6, 6.07) is 14.1.